The van der Waals surface area contributed by atoms with Crippen molar-refractivity contribution in [2.75, 3.05) is 13.2 Å². The van der Waals surface area contributed by atoms with E-state index in [-0.39, 0.29) is 0 Å². The summed E-state index contributed by atoms with van der Waals surface area (Å²) in [5.74, 6) is 7.60. The first-order chi connectivity index (χ1) is 13.7. The Morgan fingerprint density at radius 3 is 2.75 bits per heavy atom. The Hall–Kier alpha value is -2.87. The Morgan fingerprint density at radius 1 is 1.32 bits per heavy atom. The number of ether oxygens (including phenoxy) is 1. The van der Waals surface area contributed by atoms with E-state index in [4.69, 9.17) is 9.15 Å². The molecule has 1 aliphatic rings. The number of rotatable bonds is 6. The van der Waals surface area contributed by atoms with Crippen LogP contribution in [0.5, 0.6) is 0 Å². The number of hydrogen-bond acceptors (Lipinski definition) is 4. The van der Waals surface area contributed by atoms with Crippen LogP contribution in [0.1, 0.15) is 25.0 Å². The first-order valence-corrected chi connectivity index (χ1v) is 9.46. The molecule has 3 rings (SSSR count). The van der Waals surface area contributed by atoms with Crippen LogP contribution in [0.4, 0.5) is 0 Å². The van der Waals surface area contributed by atoms with Crippen LogP contribution in [0.15, 0.2) is 70.4 Å². The van der Waals surface area contributed by atoms with E-state index in [0.29, 0.717) is 18.1 Å². The molecule has 1 atom stereocenters. The number of benzene rings is 1. The third-order valence-electron chi connectivity index (χ3n) is 4.32. The highest BCUT2D eigenvalue weighted by atomic mass is 16.5. The van der Waals surface area contributed by atoms with Crippen LogP contribution in [-0.2, 0) is 11.2 Å². The summed E-state index contributed by atoms with van der Waals surface area (Å²) in [4.78, 5) is 4.23. The molecule has 1 N–H and O–H groups in total. The standard InChI is InChI=1S/C24H25NO3/c1-3-13-25-23(18(2)26)6-4-5-20-14-24(28-17-20)22-11-9-19(10-12-22)7-8-21-15-27-16-21/h3-4,6,9-14,17-18,21,26H,5,15-16H2,1-2H3/b6-4+,13-3-,25-23+/t18-/m0/s1. The van der Waals surface area contributed by atoms with Crippen molar-refractivity contribution in [1.82, 2.24) is 0 Å². The van der Waals surface area contributed by atoms with E-state index in [2.05, 4.69) is 16.8 Å². The zero-order valence-corrected chi connectivity index (χ0v) is 16.3. The second-order valence-electron chi connectivity index (χ2n) is 6.72. The van der Waals surface area contributed by atoms with E-state index in [1.54, 1.807) is 19.4 Å². The number of aliphatic hydroxyl groups excluding tert-OH is 1. The summed E-state index contributed by atoms with van der Waals surface area (Å²) in [6.07, 6.45) is 9.19. The number of furan rings is 1. The number of aliphatic imine (C=N–C) groups is 1. The molecule has 2 aromatic rings. The van der Waals surface area contributed by atoms with Crippen LogP contribution in [0, 0.1) is 17.8 Å². The van der Waals surface area contributed by atoms with Crippen molar-refractivity contribution in [1.29, 1.82) is 0 Å². The SMILES string of the molecule is C\C=C/N=C(\C=C\Cc1coc(-c2ccc(C#CC3COC3)cc2)c1)[C@H](C)O. The average molecular weight is 375 g/mol. The van der Waals surface area contributed by atoms with Crippen LogP contribution in [0.3, 0.4) is 0 Å². The lowest BCUT2D eigenvalue weighted by atomic mass is 10.1. The summed E-state index contributed by atoms with van der Waals surface area (Å²) in [6.45, 7) is 5.09. The van der Waals surface area contributed by atoms with Gasteiger partial charge in [0.1, 0.15) is 5.76 Å². The third-order valence-corrected chi connectivity index (χ3v) is 4.32. The largest absolute Gasteiger partial charge is 0.464 e. The van der Waals surface area contributed by atoms with Gasteiger partial charge in [-0.2, -0.15) is 0 Å². The zero-order chi connectivity index (χ0) is 19.8. The molecule has 0 spiro atoms. The molecule has 1 saturated heterocycles. The smallest absolute Gasteiger partial charge is 0.134 e. The van der Waals surface area contributed by atoms with Gasteiger partial charge in [-0.15, -0.1) is 0 Å². The van der Waals surface area contributed by atoms with Gasteiger partial charge in [0, 0.05) is 17.3 Å². The molecule has 4 heteroatoms. The van der Waals surface area contributed by atoms with Gasteiger partial charge >= 0.3 is 0 Å². The van der Waals surface area contributed by atoms with E-state index in [1.165, 1.54) is 0 Å². The Balaban J connectivity index is 1.61. The van der Waals surface area contributed by atoms with Crippen molar-refractivity contribution < 1.29 is 14.3 Å². The lowest BCUT2D eigenvalue weighted by molar-refractivity contribution is -0.00300. The summed E-state index contributed by atoms with van der Waals surface area (Å²) in [5.41, 5.74) is 3.71. The molecule has 144 valence electrons. The predicted octanol–water partition coefficient (Wildman–Crippen LogP) is 4.40. The molecule has 1 aliphatic heterocycles. The summed E-state index contributed by atoms with van der Waals surface area (Å²) in [6, 6.07) is 10.1. The highest BCUT2D eigenvalue weighted by molar-refractivity contribution is 5.98. The third kappa shape index (κ3) is 5.56. The molecular weight excluding hydrogens is 350 g/mol. The highest BCUT2D eigenvalue weighted by Gasteiger charge is 2.14. The van der Waals surface area contributed by atoms with Crippen molar-refractivity contribution >= 4 is 5.71 Å². The quantitative estimate of drug-likeness (QED) is 0.601. The zero-order valence-electron chi connectivity index (χ0n) is 16.3. The molecule has 0 bridgehead atoms. The maximum Gasteiger partial charge on any atom is 0.134 e. The minimum atomic E-state index is -0.606. The van der Waals surface area contributed by atoms with Gasteiger partial charge < -0.3 is 14.3 Å². The van der Waals surface area contributed by atoms with Crippen LogP contribution in [0.25, 0.3) is 11.3 Å². The normalized spacial score (nSPS) is 16.2. The topological polar surface area (TPSA) is 55.0 Å². The Kier molecular flexibility index (Phi) is 7.02. The van der Waals surface area contributed by atoms with Gasteiger partial charge in [-0.3, -0.25) is 4.99 Å². The molecule has 4 nitrogen and oxygen atoms in total. The molecule has 1 fully saturated rings. The van der Waals surface area contributed by atoms with E-state index in [0.717, 1.165) is 35.7 Å². The molecular formula is C24H25NO3. The van der Waals surface area contributed by atoms with Crippen LogP contribution < -0.4 is 0 Å². The van der Waals surface area contributed by atoms with Gasteiger partial charge in [-0.25, -0.2) is 0 Å². The Labute approximate surface area is 166 Å². The van der Waals surface area contributed by atoms with Crippen molar-refractivity contribution in [2.45, 2.75) is 26.4 Å². The number of hydrogen-bond donors (Lipinski definition) is 1. The second-order valence-corrected chi connectivity index (χ2v) is 6.72. The van der Waals surface area contributed by atoms with Crippen molar-refractivity contribution in [3.8, 4) is 23.2 Å². The van der Waals surface area contributed by atoms with Crippen LogP contribution in [0.2, 0.25) is 0 Å². The minimum absolute atomic E-state index is 0.373. The maximum absolute atomic E-state index is 9.75. The lowest BCUT2D eigenvalue weighted by Crippen LogP contribution is -2.25. The van der Waals surface area contributed by atoms with E-state index in [1.807, 2.05) is 55.5 Å². The first-order valence-electron chi connectivity index (χ1n) is 9.46. The van der Waals surface area contributed by atoms with E-state index < -0.39 is 6.10 Å². The van der Waals surface area contributed by atoms with Crippen molar-refractivity contribution in [3.05, 3.63) is 72.1 Å². The van der Waals surface area contributed by atoms with Crippen LogP contribution in [-0.4, -0.2) is 30.1 Å². The Bertz CT molecular complexity index is 917. The summed E-state index contributed by atoms with van der Waals surface area (Å²) < 4.78 is 10.8. The van der Waals surface area contributed by atoms with Crippen molar-refractivity contribution in [2.24, 2.45) is 10.9 Å². The lowest BCUT2D eigenvalue weighted by Gasteiger charge is -2.19. The summed E-state index contributed by atoms with van der Waals surface area (Å²) >= 11 is 0. The summed E-state index contributed by atoms with van der Waals surface area (Å²) in [5, 5.41) is 9.75. The molecule has 0 unspecified atom stereocenters. The van der Waals surface area contributed by atoms with Gasteiger partial charge in [-0.05, 0) is 50.1 Å². The molecule has 1 aromatic heterocycles. The van der Waals surface area contributed by atoms with Gasteiger partial charge in [0.2, 0.25) is 0 Å². The fourth-order valence-electron chi connectivity index (χ4n) is 2.62. The van der Waals surface area contributed by atoms with Gasteiger partial charge in [0.25, 0.3) is 0 Å². The fraction of sp³-hybridized carbons (Fsp3) is 0.292. The molecule has 2 heterocycles. The molecule has 0 aliphatic carbocycles. The number of allylic oxidation sites excluding steroid dienone is 2. The van der Waals surface area contributed by atoms with Gasteiger partial charge in [0.15, 0.2) is 0 Å². The van der Waals surface area contributed by atoms with E-state index >= 15 is 0 Å². The molecule has 0 radical (unpaired) electrons. The number of nitrogens with zero attached hydrogens (tertiary/aromatic N) is 1. The first kappa shape index (κ1) is 19.9. The number of aliphatic hydroxyl groups is 1. The maximum atomic E-state index is 9.75. The summed E-state index contributed by atoms with van der Waals surface area (Å²) in [7, 11) is 0. The van der Waals surface area contributed by atoms with Crippen LogP contribution >= 0.6 is 0 Å². The van der Waals surface area contributed by atoms with Crippen molar-refractivity contribution in [3.63, 3.8) is 0 Å². The van der Waals surface area contributed by atoms with E-state index in [9.17, 15) is 5.11 Å². The molecule has 0 amide bonds. The van der Waals surface area contributed by atoms with Gasteiger partial charge in [0.05, 0.1) is 37.2 Å². The predicted molar refractivity (Wildman–Crippen MR) is 112 cm³/mol. The molecule has 28 heavy (non-hydrogen) atoms. The average Bonchev–Trinajstić information content (AvgIpc) is 3.12. The monoisotopic (exact) mass is 375 g/mol. The molecule has 0 saturated carbocycles. The Morgan fingerprint density at radius 2 is 2.11 bits per heavy atom. The highest BCUT2D eigenvalue weighted by Crippen LogP contribution is 2.23. The van der Waals surface area contributed by atoms with Gasteiger partial charge in [-0.1, -0.05) is 36.1 Å². The minimum Gasteiger partial charge on any atom is -0.464 e. The second kappa shape index (κ2) is 9.89. The molecule has 1 aromatic carbocycles. The fourth-order valence-corrected chi connectivity index (χ4v) is 2.62.